The van der Waals surface area contributed by atoms with Crippen LogP contribution in [0.1, 0.15) is 11.1 Å². The van der Waals surface area contributed by atoms with Crippen LogP contribution < -0.4 is 9.46 Å². The topological polar surface area (TPSA) is 79.2 Å². The number of nitriles is 1. The molecule has 0 unspecified atom stereocenters. The van der Waals surface area contributed by atoms with Gasteiger partial charge in [-0.3, -0.25) is 4.72 Å². The van der Waals surface area contributed by atoms with Gasteiger partial charge in [0.2, 0.25) is 0 Å². The van der Waals surface area contributed by atoms with Gasteiger partial charge in [0.25, 0.3) is 10.0 Å². The molecule has 0 saturated carbocycles. The standard InChI is InChI=1S/C15H14N2O3S/c1-11-6-3-4-9-14(11)21(18,19)17-15-12(10-16)7-5-8-13(15)20-2/h3-9,17H,1-2H3. The molecule has 0 fully saturated rings. The molecular formula is C15H14N2O3S. The smallest absolute Gasteiger partial charge is 0.262 e. The van der Waals surface area contributed by atoms with Gasteiger partial charge in [-0.15, -0.1) is 0 Å². The summed E-state index contributed by atoms with van der Waals surface area (Å²) in [6.45, 7) is 1.71. The van der Waals surface area contributed by atoms with E-state index >= 15 is 0 Å². The summed E-state index contributed by atoms with van der Waals surface area (Å²) in [7, 11) is -2.37. The number of methoxy groups -OCH3 is 1. The number of anilines is 1. The Morgan fingerprint density at radius 1 is 1.14 bits per heavy atom. The largest absolute Gasteiger partial charge is 0.495 e. The third-order valence-corrected chi connectivity index (χ3v) is 4.50. The van der Waals surface area contributed by atoms with Crippen LogP contribution in [0.3, 0.4) is 0 Å². The van der Waals surface area contributed by atoms with Crippen LogP contribution in [0.5, 0.6) is 5.75 Å². The molecule has 0 aliphatic rings. The molecule has 0 atom stereocenters. The Hall–Kier alpha value is -2.52. The van der Waals surface area contributed by atoms with Gasteiger partial charge in [0.05, 0.1) is 17.6 Å². The summed E-state index contributed by atoms with van der Waals surface area (Å²) in [5.41, 5.74) is 0.968. The van der Waals surface area contributed by atoms with Gasteiger partial charge in [-0.25, -0.2) is 8.42 Å². The Bertz CT molecular complexity index is 808. The highest BCUT2D eigenvalue weighted by Crippen LogP contribution is 2.30. The van der Waals surface area contributed by atoms with Crippen molar-refractivity contribution in [3.63, 3.8) is 0 Å². The molecule has 2 aromatic rings. The molecule has 2 aromatic carbocycles. The summed E-state index contributed by atoms with van der Waals surface area (Å²) in [4.78, 5) is 0.166. The average molecular weight is 302 g/mol. The van der Waals surface area contributed by atoms with Gasteiger partial charge < -0.3 is 4.74 Å². The summed E-state index contributed by atoms with van der Waals surface area (Å²) < 4.78 is 32.5. The molecule has 2 rings (SSSR count). The summed E-state index contributed by atoms with van der Waals surface area (Å²) in [5, 5.41) is 9.12. The van der Waals surface area contributed by atoms with Crippen molar-refractivity contribution in [1.29, 1.82) is 5.26 Å². The van der Waals surface area contributed by atoms with E-state index in [0.29, 0.717) is 11.3 Å². The zero-order valence-electron chi connectivity index (χ0n) is 11.6. The van der Waals surface area contributed by atoms with Gasteiger partial charge in [-0.05, 0) is 30.7 Å². The Kier molecular flexibility index (Phi) is 4.15. The molecule has 0 amide bonds. The highest BCUT2D eigenvalue weighted by Gasteiger charge is 2.20. The molecule has 21 heavy (non-hydrogen) atoms. The number of rotatable bonds is 4. The number of sulfonamides is 1. The van der Waals surface area contributed by atoms with E-state index in [-0.39, 0.29) is 16.1 Å². The number of aryl methyl sites for hydroxylation is 1. The van der Waals surface area contributed by atoms with Gasteiger partial charge in [0, 0.05) is 0 Å². The molecule has 0 radical (unpaired) electrons. The minimum absolute atomic E-state index is 0.144. The van der Waals surface area contributed by atoms with Crippen LogP contribution in [-0.4, -0.2) is 15.5 Å². The first-order valence-electron chi connectivity index (χ1n) is 6.15. The lowest BCUT2D eigenvalue weighted by molar-refractivity contribution is 0.416. The van der Waals surface area contributed by atoms with Crippen molar-refractivity contribution in [2.45, 2.75) is 11.8 Å². The molecule has 0 spiro atoms. The second-order valence-electron chi connectivity index (χ2n) is 4.37. The molecule has 5 nitrogen and oxygen atoms in total. The van der Waals surface area contributed by atoms with Crippen molar-refractivity contribution < 1.29 is 13.2 Å². The predicted molar refractivity (Wildman–Crippen MR) is 79.7 cm³/mol. The van der Waals surface area contributed by atoms with Gasteiger partial charge in [0.15, 0.2) is 0 Å². The quantitative estimate of drug-likeness (QED) is 0.941. The van der Waals surface area contributed by atoms with Gasteiger partial charge in [-0.1, -0.05) is 24.3 Å². The number of nitrogens with zero attached hydrogens (tertiary/aromatic N) is 1. The molecule has 0 aromatic heterocycles. The van der Waals surface area contributed by atoms with Crippen LogP contribution >= 0.6 is 0 Å². The van der Waals surface area contributed by atoms with E-state index in [0.717, 1.165) is 0 Å². The van der Waals surface area contributed by atoms with E-state index in [1.807, 2.05) is 6.07 Å². The van der Waals surface area contributed by atoms with Crippen LogP contribution in [0.4, 0.5) is 5.69 Å². The Balaban J connectivity index is 2.52. The van der Waals surface area contributed by atoms with Crippen LogP contribution in [-0.2, 0) is 10.0 Å². The Morgan fingerprint density at radius 2 is 1.86 bits per heavy atom. The van der Waals surface area contributed by atoms with E-state index in [9.17, 15) is 8.42 Å². The molecule has 1 N–H and O–H groups in total. The number of benzene rings is 2. The lowest BCUT2D eigenvalue weighted by atomic mass is 10.2. The molecule has 0 heterocycles. The van der Waals surface area contributed by atoms with E-state index < -0.39 is 10.0 Å². The maximum atomic E-state index is 12.5. The van der Waals surface area contributed by atoms with Crippen molar-refractivity contribution in [2.24, 2.45) is 0 Å². The molecule has 0 aliphatic heterocycles. The number of nitrogens with one attached hydrogen (secondary N) is 1. The molecule has 108 valence electrons. The van der Waals surface area contributed by atoms with E-state index in [1.165, 1.54) is 19.2 Å². The first-order chi connectivity index (χ1) is 9.99. The maximum absolute atomic E-state index is 12.5. The van der Waals surface area contributed by atoms with Gasteiger partial charge in [0.1, 0.15) is 17.5 Å². The second kappa shape index (κ2) is 5.85. The Labute approximate surface area is 123 Å². The first kappa shape index (κ1) is 14.9. The van der Waals surface area contributed by atoms with Crippen LogP contribution in [0, 0.1) is 18.3 Å². The van der Waals surface area contributed by atoms with Crippen molar-refractivity contribution >= 4 is 15.7 Å². The summed E-state index contributed by atoms with van der Waals surface area (Å²) >= 11 is 0. The van der Waals surface area contributed by atoms with Crippen LogP contribution in [0.25, 0.3) is 0 Å². The van der Waals surface area contributed by atoms with Crippen LogP contribution in [0.15, 0.2) is 47.4 Å². The predicted octanol–water partition coefficient (Wildman–Crippen LogP) is 2.68. The van der Waals surface area contributed by atoms with Gasteiger partial charge >= 0.3 is 0 Å². The van der Waals surface area contributed by atoms with E-state index in [1.54, 1.807) is 37.3 Å². The van der Waals surface area contributed by atoms with Crippen molar-refractivity contribution in [1.82, 2.24) is 0 Å². The monoisotopic (exact) mass is 302 g/mol. The maximum Gasteiger partial charge on any atom is 0.262 e. The number of ether oxygens (including phenoxy) is 1. The fourth-order valence-corrected chi connectivity index (χ4v) is 3.29. The highest BCUT2D eigenvalue weighted by atomic mass is 32.2. The van der Waals surface area contributed by atoms with Crippen molar-refractivity contribution in [3.05, 3.63) is 53.6 Å². The lowest BCUT2D eigenvalue weighted by Gasteiger charge is -2.14. The third-order valence-electron chi connectivity index (χ3n) is 2.99. The minimum Gasteiger partial charge on any atom is -0.495 e. The molecule has 0 bridgehead atoms. The normalized spacial score (nSPS) is 10.7. The average Bonchev–Trinajstić information content (AvgIpc) is 2.47. The number of para-hydroxylation sites is 1. The third kappa shape index (κ3) is 2.98. The zero-order valence-corrected chi connectivity index (χ0v) is 12.4. The van der Waals surface area contributed by atoms with Crippen molar-refractivity contribution in [3.8, 4) is 11.8 Å². The van der Waals surface area contributed by atoms with E-state index in [2.05, 4.69) is 4.72 Å². The van der Waals surface area contributed by atoms with Crippen molar-refractivity contribution in [2.75, 3.05) is 11.8 Å². The Morgan fingerprint density at radius 3 is 2.48 bits per heavy atom. The summed E-state index contributed by atoms with van der Waals surface area (Å²) in [6, 6.07) is 13.3. The molecule has 6 heteroatoms. The lowest BCUT2D eigenvalue weighted by Crippen LogP contribution is -2.15. The van der Waals surface area contributed by atoms with Crippen LogP contribution in [0.2, 0.25) is 0 Å². The number of hydrogen-bond donors (Lipinski definition) is 1. The first-order valence-corrected chi connectivity index (χ1v) is 7.63. The minimum atomic E-state index is -3.79. The SMILES string of the molecule is COc1cccc(C#N)c1NS(=O)(=O)c1ccccc1C. The molecular weight excluding hydrogens is 288 g/mol. The second-order valence-corrected chi connectivity index (χ2v) is 6.02. The number of hydrogen-bond acceptors (Lipinski definition) is 4. The zero-order chi connectivity index (χ0) is 15.5. The summed E-state index contributed by atoms with van der Waals surface area (Å²) in [5.74, 6) is 0.297. The van der Waals surface area contributed by atoms with Gasteiger partial charge in [-0.2, -0.15) is 5.26 Å². The fourth-order valence-electron chi connectivity index (χ4n) is 1.95. The molecule has 0 aliphatic carbocycles. The molecule has 0 saturated heterocycles. The fraction of sp³-hybridized carbons (Fsp3) is 0.133. The summed E-state index contributed by atoms with van der Waals surface area (Å²) in [6.07, 6.45) is 0. The highest BCUT2D eigenvalue weighted by molar-refractivity contribution is 7.92. The van der Waals surface area contributed by atoms with E-state index in [4.69, 9.17) is 10.00 Å².